The Bertz CT molecular complexity index is 692. The zero-order valence-electron chi connectivity index (χ0n) is 12.0. The third kappa shape index (κ3) is 4.75. The summed E-state index contributed by atoms with van der Waals surface area (Å²) in [5.41, 5.74) is 0. The Morgan fingerprint density at radius 2 is 2.10 bits per heavy atom. The van der Waals surface area contributed by atoms with Gasteiger partial charge in [-0.3, -0.25) is 0 Å². The van der Waals surface area contributed by atoms with Gasteiger partial charge in [0.25, 0.3) is 0 Å². The van der Waals surface area contributed by atoms with Crippen LogP contribution < -0.4 is 10.0 Å². The van der Waals surface area contributed by atoms with Crippen molar-refractivity contribution >= 4 is 31.2 Å². The Kier molecular flexibility index (Phi) is 5.09. The van der Waals surface area contributed by atoms with Crippen LogP contribution in [0.3, 0.4) is 0 Å². The maximum absolute atomic E-state index is 12.2. The molecule has 0 aliphatic carbocycles. The van der Waals surface area contributed by atoms with Crippen LogP contribution in [0.5, 0.6) is 0 Å². The highest BCUT2D eigenvalue weighted by atomic mass is 32.2. The number of sulfonamides is 1. The van der Waals surface area contributed by atoms with Crippen molar-refractivity contribution in [3.8, 4) is 0 Å². The standard InChI is InChI=1S/C12H20N2O4S3/c1-9(2)13-7-11-3-4-12(19-11)21(17,18)14-10-5-6-20(15,16)8-10/h3-4,9-10,13-14H,5-8H2,1-2H3. The van der Waals surface area contributed by atoms with Crippen LogP contribution in [0.15, 0.2) is 16.3 Å². The molecule has 120 valence electrons. The molecule has 1 aromatic heterocycles. The highest BCUT2D eigenvalue weighted by Crippen LogP contribution is 2.23. The summed E-state index contributed by atoms with van der Waals surface area (Å²) in [6.45, 7) is 4.66. The van der Waals surface area contributed by atoms with Crippen molar-refractivity contribution in [1.82, 2.24) is 10.0 Å². The van der Waals surface area contributed by atoms with E-state index in [0.29, 0.717) is 19.0 Å². The minimum absolute atomic E-state index is 0.0498. The second-order valence-electron chi connectivity index (χ2n) is 5.48. The lowest BCUT2D eigenvalue weighted by Crippen LogP contribution is -2.35. The first-order valence-electron chi connectivity index (χ1n) is 6.73. The van der Waals surface area contributed by atoms with Gasteiger partial charge >= 0.3 is 0 Å². The van der Waals surface area contributed by atoms with Gasteiger partial charge in [0, 0.05) is 23.5 Å². The molecular formula is C12H20N2O4S3. The van der Waals surface area contributed by atoms with E-state index in [1.807, 2.05) is 13.8 Å². The van der Waals surface area contributed by atoms with E-state index in [1.54, 1.807) is 12.1 Å². The van der Waals surface area contributed by atoms with Crippen LogP contribution in [-0.4, -0.2) is 40.4 Å². The van der Waals surface area contributed by atoms with Crippen LogP contribution in [0.4, 0.5) is 0 Å². The molecule has 21 heavy (non-hydrogen) atoms. The van der Waals surface area contributed by atoms with Gasteiger partial charge in [-0.25, -0.2) is 21.6 Å². The van der Waals surface area contributed by atoms with E-state index in [0.717, 1.165) is 4.88 Å². The van der Waals surface area contributed by atoms with Gasteiger partial charge in [-0.05, 0) is 18.6 Å². The van der Waals surface area contributed by atoms with Gasteiger partial charge in [0.1, 0.15) is 4.21 Å². The van der Waals surface area contributed by atoms with Gasteiger partial charge in [-0.1, -0.05) is 13.8 Å². The van der Waals surface area contributed by atoms with Crippen LogP contribution in [-0.2, 0) is 26.4 Å². The highest BCUT2D eigenvalue weighted by molar-refractivity contribution is 7.92. The Hall–Kier alpha value is -0.480. The number of nitrogens with one attached hydrogen (secondary N) is 2. The smallest absolute Gasteiger partial charge is 0.250 e. The van der Waals surface area contributed by atoms with E-state index >= 15 is 0 Å². The molecule has 1 atom stereocenters. The Labute approximate surface area is 129 Å². The summed E-state index contributed by atoms with van der Waals surface area (Å²) in [6, 6.07) is 3.15. The molecule has 2 rings (SSSR count). The van der Waals surface area contributed by atoms with Crippen molar-refractivity contribution in [1.29, 1.82) is 0 Å². The molecule has 1 aliphatic heterocycles. The van der Waals surface area contributed by atoms with Crippen LogP contribution in [0, 0.1) is 0 Å². The molecule has 0 spiro atoms. The third-order valence-corrected chi connectivity index (χ3v) is 8.01. The monoisotopic (exact) mass is 352 g/mol. The average molecular weight is 353 g/mol. The summed E-state index contributed by atoms with van der Waals surface area (Å²) in [6.07, 6.45) is 0.342. The molecule has 0 aromatic carbocycles. The fourth-order valence-corrected chi connectivity index (χ4v) is 6.44. The molecule has 1 aromatic rings. The van der Waals surface area contributed by atoms with E-state index in [2.05, 4.69) is 10.0 Å². The maximum Gasteiger partial charge on any atom is 0.250 e. The predicted molar refractivity (Wildman–Crippen MR) is 83.7 cm³/mol. The SMILES string of the molecule is CC(C)NCc1ccc(S(=O)(=O)NC2CCS(=O)(=O)C2)s1. The molecule has 9 heteroatoms. The van der Waals surface area contributed by atoms with Gasteiger partial charge in [-0.2, -0.15) is 0 Å². The van der Waals surface area contributed by atoms with E-state index in [-0.39, 0.29) is 15.7 Å². The van der Waals surface area contributed by atoms with Gasteiger partial charge in [0.05, 0.1) is 11.5 Å². The van der Waals surface area contributed by atoms with Crippen LogP contribution in [0.25, 0.3) is 0 Å². The van der Waals surface area contributed by atoms with Crippen LogP contribution >= 0.6 is 11.3 Å². The van der Waals surface area contributed by atoms with Gasteiger partial charge in [0.2, 0.25) is 10.0 Å². The van der Waals surface area contributed by atoms with E-state index in [4.69, 9.17) is 0 Å². The maximum atomic E-state index is 12.2. The number of thiophene rings is 1. The first kappa shape index (κ1) is 16.9. The lowest BCUT2D eigenvalue weighted by atomic mass is 10.3. The zero-order valence-corrected chi connectivity index (χ0v) is 14.4. The summed E-state index contributed by atoms with van der Waals surface area (Å²) in [7, 11) is -6.73. The third-order valence-electron chi connectivity index (χ3n) is 3.14. The van der Waals surface area contributed by atoms with Crippen molar-refractivity contribution in [2.45, 2.75) is 43.1 Å². The molecule has 1 saturated heterocycles. The minimum Gasteiger partial charge on any atom is -0.310 e. The summed E-state index contributed by atoms with van der Waals surface area (Å²) in [5, 5.41) is 3.23. The molecule has 1 unspecified atom stereocenters. The summed E-state index contributed by atoms with van der Waals surface area (Å²) < 4.78 is 49.9. The Morgan fingerprint density at radius 1 is 1.38 bits per heavy atom. The number of rotatable bonds is 6. The molecule has 1 fully saturated rings. The van der Waals surface area contributed by atoms with Crippen LogP contribution in [0.1, 0.15) is 25.1 Å². The summed E-state index contributed by atoms with van der Waals surface area (Å²) in [5.74, 6) is -0.0620. The first-order chi connectivity index (χ1) is 9.68. The normalized spacial score (nSPS) is 22.0. The van der Waals surface area contributed by atoms with Crippen molar-refractivity contribution in [2.75, 3.05) is 11.5 Å². The minimum atomic E-state index is -3.64. The fraction of sp³-hybridized carbons (Fsp3) is 0.667. The molecule has 2 heterocycles. The van der Waals surface area contributed by atoms with Crippen molar-refractivity contribution < 1.29 is 16.8 Å². The molecule has 0 amide bonds. The predicted octanol–water partition coefficient (Wildman–Crippen LogP) is 0.712. The van der Waals surface area contributed by atoms with Crippen molar-refractivity contribution in [2.24, 2.45) is 0 Å². The van der Waals surface area contributed by atoms with Gasteiger partial charge < -0.3 is 5.32 Å². The quantitative estimate of drug-likeness (QED) is 0.787. The topological polar surface area (TPSA) is 92.3 Å². The number of hydrogen-bond donors (Lipinski definition) is 2. The summed E-state index contributed by atoms with van der Waals surface area (Å²) >= 11 is 1.20. The lowest BCUT2D eigenvalue weighted by molar-refractivity contribution is 0.564. The van der Waals surface area contributed by atoms with E-state index < -0.39 is 25.9 Å². The molecule has 0 radical (unpaired) electrons. The molecule has 2 N–H and O–H groups in total. The van der Waals surface area contributed by atoms with Crippen molar-refractivity contribution in [3.63, 3.8) is 0 Å². The first-order valence-corrected chi connectivity index (χ1v) is 10.8. The van der Waals surface area contributed by atoms with E-state index in [9.17, 15) is 16.8 Å². The lowest BCUT2D eigenvalue weighted by Gasteiger charge is -2.10. The van der Waals surface area contributed by atoms with Crippen LogP contribution in [0.2, 0.25) is 0 Å². The second kappa shape index (κ2) is 6.33. The van der Waals surface area contributed by atoms with Gasteiger partial charge in [-0.15, -0.1) is 11.3 Å². The molecule has 0 bridgehead atoms. The molecule has 1 aliphatic rings. The molecule has 6 nitrogen and oxygen atoms in total. The Balaban J connectivity index is 2.03. The Morgan fingerprint density at radius 3 is 2.67 bits per heavy atom. The van der Waals surface area contributed by atoms with Gasteiger partial charge in [0.15, 0.2) is 9.84 Å². The van der Waals surface area contributed by atoms with Crippen molar-refractivity contribution in [3.05, 3.63) is 17.0 Å². The molecular weight excluding hydrogens is 332 g/mol. The number of sulfone groups is 1. The molecule has 0 saturated carbocycles. The summed E-state index contributed by atoms with van der Waals surface area (Å²) in [4.78, 5) is 0.933. The largest absolute Gasteiger partial charge is 0.310 e. The highest BCUT2D eigenvalue weighted by Gasteiger charge is 2.31. The average Bonchev–Trinajstić information content (AvgIpc) is 2.93. The van der Waals surface area contributed by atoms with E-state index in [1.165, 1.54) is 11.3 Å². The second-order valence-corrected chi connectivity index (χ2v) is 10.8. The number of hydrogen-bond acceptors (Lipinski definition) is 6. The fourth-order valence-electron chi connectivity index (χ4n) is 2.07. The zero-order chi connectivity index (χ0) is 15.7.